The van der Waals surface area contributed by atoms with Gasteiger partial charge in [0.1, 0.15) is 13.2 Å². The number of ether oxygens (including phenoxy) is 2. The maximum absolute atomic E-state index is 13.1. The third-order valence-corrected chi connectivity index (χ3v) is 7.64. The highest BCUT2D eigenvalue weighted by Crippen LogP contribution is 2.37. The van der Waals surface area contributed by atoms with Gasteiger partial charge in [-0.25, -0.2) is 13.8 Å². The molecule has 0 unspecified atom stereocenters. The molecule has 0 atom stereocenters. The first kappa shape index (κ1) is 31.5. The number of nitrogens with zero attached hydrogens (tertiary/aromatic N) is 2. The van der Waals surface area contributed by atoms with Crippen molar-refractivity contribution in [3.63, 3.8) is 0 Å². The summed E-state index contributed by atoms with van der Waals surface area (Å²) in [6, 6.07) is 11.9. The lowest BCUT2D eigenvalue weighted by atomic mass is 10.2. The quantitative estimate of drug-likeness (QED) is 0.201. The van der Waals surface area contributed by atoms with E-state index in [1.54, 1.807) is 30.3 Å². The number of amides is 1. The van der Waals surface area contributed by atoms with Gasteiger partial charge < -0.3 is 9.47 Å². The Morgan fingerprint density at radius 1 is 1.12 bits per heavy atom. The van der Waals surface area contributed by atoms with E-state index in [0.717, 1.165) is 30.0 Å². The van der Waals surface area contributed by atoms with Gasteiger partial charge in [-0.15, -0.1) is 0 Å². The largest absolute Gasteiger partial charge is 0.493 e. The summed E-state index contributed by atoms with van der Waals surface area (Å²) in [5, 5.41) is 4.62. The number of halogens is 6. The Bertz CT molecular complexity index is 1540. The molecule has 15 heteroatoms. The number of hydrogen-bond donors (Lipinski definition) is 1. The van der Waals surface area contributed by atoms with Crippen LogP contribution in [0.25, 0.3) is 0 Å². The van der Waals surface area contributed by atoms with Crippen LogP contribution in [0.1, 0.15) is 16.7 Å². The molecule has 0 aliphatic rings. The van der Waals surface area contributed by atoms with Crippen molar-refractivity contribution in [3.05, 3.63) is 85.8 Å². The minimum atomic E-state index is -4.69. The van der Waals surface area contributed by atoms with Crippen LogP contribution in [0, 0.1) is 0 Å². The molecule has 0 aliphatic carbocycles. The number of rotatable bonds is 10. The highest BCUT2D eigenvalue weighted by atomic mass is 79.9. The molecular weight excluding hydrogens is 662 g/mol. The molecule has 0 heterocycles. The summed E-state index contributed by atoms with van der Waals surface area (Å²) < 4.78 is 76.0. The SMILES string of the molecule is COc1cc(/C=N/NC(=O)CN(c2cccc(C(F)(F)F)c2)S(C)(=O)=O)cc(Br)c1OCc1ccc(Cl)c(Cl)c1. The lowest BCUT2D eigenvalue weighted by Gasteiger charge is -2.22. The Morgan fingerprint density at radius 2 is 1.85 bits per heavy atom. The molecule has 0 saturated heterocycles. The summed E-state index contributed by atoms with van der Waals surface area (Å²) in [5.74, 6) is -0.152. The minimum Gasteiger partial charge on any atom is -0.493 e. The van der Waals surface area contributed by atoms with E-state index in [1.807, 2.05) is 0 Å². The summed E-state index contributed by atoms with van der Waals surface area (Å²) in [4.78, 5) is 12.4. The van der Waals surface area contributed by atoms with Crippen molar-refractivity contribution in [1.82, 2.24) is 5.43 Å². The molecule has 8 nitrogen and oxygen atoms in total. The number of sulfonamides is 1. The maximum atomic E-state index is 13.1. The molecule has 40 heavy (non-hydrogen) atoms. The summed E-state index contributed by atoms with van der Waals surface area (Å²) in [5.41, 5.74) is 2.04. The van der Waals surface area contributed by atoms with E-state index in [1.165, 1.54) is 13.3 Å². The van der Waals surface area contributed by atoms with Crippen molar-refractivity contribution >= 4 is 67.0 Å². The van der Waals surface area contributed by atoms with Crippen LogP contribution < -0.4 is 19.2 Å². The molecule has 3 aromatic rings. The van der Waals surface area contributed by atoms with Crippen molar-refractivity contribution in [2.45, 2.75) is 12.8 Å². The summed E-state index contributed by atoms with van der Waals surface area (Å²) in [6.45, 7) is -0.635. The Hall–Kier alpha value is -3.00. The maximum Gasteiger partial charge on any atom is 0.416 e. The van der Waals surface area contributed by atoms with Gasteiger partial charge >= 0.3 is 6.18 Å². The topological polar surface area (TPSA) is 97.3 Å². The lowest BCUT2D eigenvalue weighted by molar-refractivity contribution is -0.137. The van der Waals surface area contributed by atoms with E-state index < -0.39 is 34.2 Å². The molecule has 0 bridgehead atoms. The second-order valence-corrected chi connectivity index (χ2v) is 11.8. The van der Waals surface area contributed by atoms with E-state index in [0.29, 0.717) is 42.0 Å². The van der Waals surface area contributed by atoms with Crippen LogP contribution in [-0.4, -0.2) is 40.4 Å². The fraction of sp³-hybridized carbons (Fsp3) is 0.200. The molecule has 0 aliphatic heterocycles. The summed E-state index contributed by atoms with van der Waals surface area (Å²) >= 11 is 15.4. The zero-order valence-corrected chi connectivity index (χ0v) is 24.7. The lowest BCUT2D eigenvalue weighted by Crippen LogP contribution is -2.39. The monoisotopic (exact) mass is 681 g/mol. The van der Waals surface area contributed by atoms with Crippen molar-refractivity contribution in [2.75, 3.05) is 24.2 Å². The van der Waals surface area contributed by atoms with Gasteiger partial charge in [-0.1, -0.05) is 35.3 Å². The van der Waals surface area contributed by atoms with Crippen molar-refractivity contribution in [3.8, 4) is 11.5 Å². The first-order valence-corrected chi connectivity index (χ1v) is 14.5. The average Bonchev–Trinajstić information content (AvgIpc) is 2.87. The third kappa shape index (κ3) is 8.50. The smallest absolute Gasteiger partial charge is 0.416 e. The number of anilines is 1. The van der Waals surface area contributed by atoms with Crippen LogP contribution >= 0.6 is 39.1 Å². The summed E-state index contributed by atoms with van der Waals surface area (Å²) in [6.07, 6.45) is -2.65. The highest BCUT2D eigenvalue weighted by Gasteiger charge is 2.32. The van der Waals surface area contributed by atoms with Crippen molar-refractivity contribution in [2.24, 2.45) is 5.10 Å². The first-order valence-electron chi connectivity index (χ1n) is 11.1. The molecule has 0 spiro atoms. The van der Waals surface area contributed by atoms with E-state index in [9.17, 15) is 26.4 Å². The van der Waals surface area contributed by atoms with Crippen LogP contribution in [0.4, 0.5) is 18.9 Å². The van der Waals surface area contributed by atoms with E-state index in [-0.39, 0.29) is 12.3 Å². The first-order chi connectivity index (χ1) is 18.7. The molecule has 0 aromatic heterocycles. The number of carbonyl (C=O) groups excluding carboxylic acids is 1. The normalized spacial score (nSPS) is 11.9. The number of carbonyl (C=O) groups is 1. The standard InChI is InChI=1S/C25H21BrCl2F3N3O5S/c1-38-22-10-16(8-19(26)24(22)39-14-15-6-7-20(27)21(28)9-15)12-32-33-23(35)13-34(40(2,36)37)18-5-3-4-17(11-18)25(29,30)31/h3-12H,13-14H2,1-2H3,(H,33,35)/b32-12+. The number of hydrazone groups is 1. The molecule has 3 aromatic carbocycles. The molecule has 1 amide bonds. The molecule has 1 N–H and O–H groups in total. The van der Waals surface area contributed by atoms with Gasteiger partial charge in [0.2, 0.25) is 10.0 Å². The van der Waals surface area contributed by atoms with E-state index >= 15 is 0 Å². The molecule has 0 saturated carbocycles. The van der Waals surface area contributed by atoms with Gasteiger partial charge in [0.05, 0.1) is 45.3 Å². The molecular formula is C25H21BrCl2F3N3O5S. The fourth-order valence-corrected chi connectivity index (χ4v) is 5.06. The molecule has 0 radical (unpaired) electrons. The Labute approximate surface area is 246 Å². The zero-order chi connectivity index (χ0) is 29.7. The number of nitrogens with one attached hydrogen (secondary N) is 1. The number of alkyl halides is 3. The van der Waals surface area contributed by atoms with Gasteiger partial charge in [0, 0.05) is 0 Å². The van der Waals surface area contributed by atoms with Crippen LogP contribution in [0.5, 0.6) is 11.5 Å². The van der Waals surface area contributed by atoms with Crippen LogP contribution in [0.2, 0.25) is 10.0 Å². The second kappa shape index (κ2) is 13.1. The minimum absolute atomic E-state index is 0.165. The van der Waals surface area contributed by atoms with Gasteiger partial charge in [0.25, 0.3) is 5.91 Å². The Kier molecular flexibility index (Phi) is 10.3. The zero-order valence-electron chi connectivity index (χ0n) is 20.8. The van der Waals surface area contributed by atoms with Crippen LogP contribution in [0.3, 0.4) is 0 Å². The van der Waals surface area contributed by atoms with Gasteiger partial charge in [-0.2, -0.15) is 18.3 Å². The van der Waals surface area contributed by atoms with Gasteiger partial charge in [0.15, 0.2) is 11.5 Å². The average molecular weight is 683 g/mol. The van der Waals surface area contributed by atoms with Gasteiger partial charge in [-0.3, -0.25) is 9.10 Å². The highest BCUT2D eigenvalue weighted by molar-refractivity contribution is 9.10. The van der Waals surface area contributed by atoms with E-state index in [2.05, 4.69) is 26.5 Å². The van der Waals surface area contributed by atoms with E-state index in [4.69, 9.17) is 32.7 Å². The number of benzene rings is 3. The fourth-order valence-electron chi connectivity index (χ4n) is 3.32. The Morgan fingerprint density at radius 3 is 2.48 bits per heavy atom. The predicted octanol–water partition coefficient (Wildman–Crippen LogP) is 6.28. The Balaban J connectivity index is 1.70. The van der Waals surface area contributed by atoms with Crippen molar-refractivity contribution in [1.29, 1.82) is 0 Å². The summed E-state index contributed by atoms with van der Waals surface area (Å²) in [7, 11) is -2.66. The second-order valence-electron chi connectivity index (χ2n) is 8.18. The molecule has 3 rings (SSSR count). The van der Waals surface area contributed by atoms with Crippen molar-refractivity contribution < 1.29 is 35.9 Å². The number of hydrogen-bond acceptors (Lipinski definition) is 6. The van der Waals surface area contributed by atoms with Crippen LogP contribution in [0.15, 0.2) is 64.2 Å². The van der Waals surface area contributed by atoms with Gasteiger partial charge in [-0.05, 0) is 69.5 Å². The molecule has 214 valence electrons. The number of methoxy groups -OCH3 is 1. The van der Waals surface area contributed by atoms with Crippen LogP contribution in [-0.2, 0) is 27.6 Å². The predicted molar refractivity (Wildman–Crippen MR) is 151 cm³/mol. The third-order valence-electron chi connectivity index (χ3n) is 5.17. The molecule has 0 fully saturated rings.